The third-order valence-corrected chi connectivity index (χ3v) is 2.52. The molecule has 0 aliphatic rings. The highest BCUT2D eigenvalue weighted by molar-refractivity contribution is 4.92. The average molecular weight is 202 g/mol. The van der Waals surface area contributed by atoms with Crippen molar-refractivity contribution in [2.75, 3.05) is 7.11 Å². The van der Waals surface area contributed by atoms with Crippen LogP contribution in [0.15, 0.2) is 0 Å². The van der Waals surface area contributed by atoms with E-state index in [2.05, 4.69) is 47.0 Å². The summed E-state index contributed by atoms with van der Waals surface area (Å²) in [6.07, 6.45) is 0.104. The first-order valence-electron chi connectivity index (χ1n) is 5.13. The van der Waals surface area contributed by atoms with Crippen LogP contribution in [0.2, 0.25) is 0 Å². The molecule has 0 aromatic rings. The lowest BCUT2D eigenvalue weighted by molar-refractivity contribution is -0.0394. The Balaban J connectivity index is 4.81. The fraction of sp³-hybridized carbons (Fsp3) is 1.00. The molecule has 2 unspecified atom stereocenters. The largest absolute Gasteiger partial charge is 0.379 e. The maximum atomic E-state index is 5.60. The molecule has 3 heteroatoms. The minimum Gasteiger partial charge on any atom is -0.379 e. The van der Waals surface area contributed by atoms with E-state index in [0.29, 0.717) is 0 Å². The minimum atomic E-state index is 0.0824. The Morgan fingerprint density at radius 2 is 1.43 bits per heavy atom. The Morgan fingerprint density at radius 3 is 1.50 bits per heavy atom. The van der Waals surface area contributed by atoms with Crippen LogP contribution in [0.1, 0.15) is 41.5 Å². The third kappa shape index (κ3) is 3.56. The molecule has 0 spiro atoms. The zero-order valence-corrected chi connectivity index (χ0v) is 10.6. The number of ether oxygens (including phenoxy) is 1. The maximum Gasteiger partial charge on any atom is 0.0790 e. The van der Waals surface area contributed by atoms with Crippen molar-refractivity contribution < 1.29 is 4.74 Å². The van der Waals surface area contributed by atoms with Crippen molar-refractivity contribution in [2.24, 2.45) is 16.7 Å². The summed E-state index contributed by atoms with van der Waals surface area (Å²) in [5, 5.41) is 0. The van der Waals surface area contributed by atoms with Gasteiger partial charge in [0.25, 0.3) is 0 Å². The van der Waals surface area contributed by atoms with Crippen LogP contribution < -0.4 is 11.3 Å². The molecule has 0 heterocycles. The van der Waals surface area contributed by atoms with Crippen LogP contribution in [0.25, 0.3) is 0 Å². The van der Waals surface area contributed by atoms with E-state index in [4.69, 9.17) is 10.6 Å². The van der Waals surface area contributed by atoms with Crippen LogP contribution in [-0.2, 0) is 4.74 Å². The molecular formula is C11H26N2O. The molecule has 0 radical (unpaired) electrons. The van der Waals surface area contributed by atoms with Crippen molar-refractivity contribution in [3.8, 4) is 0 Å². The van der Waals surface area contributed by atoms with Crippen LogP contribution >= 0.6 is 0 Å². The summed E-state index contributed by atoms with van der Waals surface area (Å²) >= 11 is 0. The quantitative estimate of drug-likeness (QED) is 0.543. The second kappa shape index (κ2) is 4.60. The summed E-state index contributed by atoms with van der Waals surface area (Å²) in [7, 11) is 1.74. The molecule has 0 fully saturated rings. The normalized spacial score (nSPS) is 18.0. The van der Waals surface area contributed by atoms with Gasteiger partial charge in [-0.1, -0.05) is 41.5 Å². The van der Waals surface area contributed by atoms with E-state index in [1.54, 1.807) is 7.11 Å². The summed E-state index contributed by atoms with van der Waals surface area (Å²) in [6, 6.07) is 0.146. The van der Waals surface area contributed by atoms with Gasteiger partial charge in [0.15, 0.2) is 0 Å². The Labute approximate surface area is 88.4 Å². The number of hydrazine groups is 1. The average Bonchev–Trinajstić information content (AvgIpc) is 1.94. The highest BCUT2D eigenvalue weighted by Gasteiger charge is 2.38. The fourth-order valence-corrected chi connectivity index (χ4v) is 1.78. The maximum absolute atomic E-state index is 5.60. The second-order valence-electron chi connectivity index (χ2n) is 6.03. The van der Waals surface area contributed by atoms with E-state index in [1.165, 1.54) is 0 Å². The summed E-state index contributed by atoms with van der Waals surface area (Å²) in [5.74, 6) is 5.60. The molecule has 0 aliphatic carbocycles. The molecule has 86 valence electrons. The predicted octanol–water partition coefficient (Wildman–Crippen LogP) is 1.93. The standard InChI is InChI=1S/C11H26N2O/c1-10(2,3)8(13-12)9(14-7)11(4,5)6/h8-9,13H,12H2,1-7H3. The van der Waals surface area contributed by atoms with Gasteiger partial charge in [-0.15, -0.1) is 0 Å². The third-order valence-electron chi connectivity index (χ3n) is 2.52. The first-order chi connectivity index (χ1) is 6.14. The van der Waals surface area contributed by atoms with Crippen molar-refractivity contribution in [2.45, 2.75) is 53.7 Å². The highest BCUT2D eigenvalue weighted by Crippen LogP contribution is 2.32. The van der Waals surface area contributed by atoms with Crippen molar-refractivity contribution in [3.05, 3.63) is 0 Å². The molecule has 0 aliphatic heterocycles. The monoisotopic (exact) mass is 202 g/mol. The summed E-state index contributed by atoms with van der Waals surface area (Å²) in [4.78, 5) is 0. The molecule has 0 rings (SSSR count). The van der Waals surface area contributed by atoms with Gasteiger partial charge in [0, 0.05) is 7.11 Å². The number of nitrogens with one attached hydrogen (secondary N) is 1. The lowest BCUT2D eigenvalue weighted by Crippen LogP contribution is -2.56. The van der Waals surface area contributed by atoms with Gasteiger partial charge >= 0.3 is 0 Å². The minimum absolute atomic E-state index is 0.0824. The van der Waals surface area contributed by atoms with Crippen LogP contribution in [0.4, 0.5) is 0 Å². The highest BCUT2D eigenvalue weighted by atomic mass is 16.5. The van der Waals surface area contributed by atoms with Crippen LogP contribution in [0.3, 0.4) is 0 Å². The van der Waals surface area contributed by atoms with Gasteiger partial charge in [-0.3, -0.25) is 11.3 Å². The van der Waals surface area contributed by atoms with Crippen LogP contribution in [0.5, 0.6) is 0 Å². The first-order valence-corrected chi connectivity index (χ1v) is 5.13. The molecule has 3 N–H and O–H groups in total. The number of methoxy groups -OCH3 is 1. The van der Waals surface area contributed by atoms with E-state index in [-0.39, 0.29) is 23.0 Å². The first kappa shape index (κ1) is 13.9. The predicted molar refractivity (Wildman–Crippen MR) is 60.8 cm³/mol. The van der Waals surface area contributed by atoms with Gasteiger partial charge in [-0.2, -0.15) is 0 Å². The van der Waals surface area contributed by atoms with E-state index in [9.17, 15) is 0 Å². The van der Waals surface area contributed by atoms with Crippen LogP contribution in [-0.4, -0.2) is 19.3 Å². The van der Waals surface area contributed by atoms with E-state index < -0.39 is 0 Å². The Morgan fingerprint density at radius 1 is 1.00 bits per heavy atom. The molecule has 0 bridgehead atoms. The van der Waals surface area contributed by atoms with E-state index in [0.717, 1.165) is 0 Å². The van der Waals surface area contributed by atoms with E-state index in [1.807, 2.05) is 0 Å². The van der Waals surface area contributed by atoms with Crippen LogP contribution in [0, 0.1) is 10.8 Å². The molecule has 0 aromatic heterocycles. The van der Waals surface area contributed by atoms with Gasteiger partial charge in [0.05, 0.1) is 12.1 Å². The summed E-state index contributed by atoms with van der Waals surface area (Å²) < 4.78 is 5.55. The smallest absolute Gasteiger partial charge is 0.0790 e. The molecule has 0 saturated heterocycles. The second-order valence-corrected chi connectivity index (χ2v) is 6.03. The Hall–Kier alpha value is -0.120. The van der Waals surface area contributed by atoms with Crippen molar-refractivity contribution in [1.82, 2.24) is 5.43 Å². The van der Waals surface area contributed by atoms with Gasteiger partial charge < -0.3 is 4.74 Å². The van der Waals surface area contributed by atoms with E-state index >= 15 is 0 Å². The Bertz CT molecular complexity index is 147. The molecule has 2 atom stereocenters. The molecule has 0 saturated carbocycles. The van der Waals surface area contributed by atoms with Gasteiger partial charge in [-0.05, 0) is 10.8 Å². The lowest BCUT2D eigenvalue weighted by Gasteiger charge is -2.42. The molecule has 0 aromatic carbocycles. The lowest BCUT2D eigenvalue weighted by atomic mass is 9.74. The Kier molecular flexibility index (Phi) is 4.56. The topological polar surface area (TPSA) is 47.3 Å². The summed E-state index contributed by atoms with van der Waals surface area (Å²) in [6.45, 7) is 13.0. The van der Waals surface area contributed by atoms with Gasteiger partial charge in [0.2, 0.25) is 0 Å². The molecule has 14 heavy (non-hydrogen) atoms. The van der Waals surface area contributed by atoms with Crippen molar-refractivity contribution in [3.63, 3.8) is 0 Å². The zero-order valence-electron chi connectivity index (χ0n) is 10.6. The number of hydrogen-bond donors (Lipinski definition) is 2. The van der Waals surface area contributed by atoms with Crippen molar-refractivity contribution in [1.29, 1.82) is 0 Å². The fourth-order valence-electron chi connectivity index (χ4n) is 1.78. The summed E-state index contributed by atoms with van der Waals surface area (Å²) in [5.41, 5.74) is 3.04. The number of rotatable bonds is 3. The number of hydrogen-bond acceptors (Lipinski definition) is 3. The zero-order chi connectivity index (χ0) is 11.6. The van der Waals surface area contributed by atoms with Crippen molar-refractivity contribution >= 4 is 0 Å². The van der Waals surface area contributed by atoms with Gasteiger partial charge in [0.1, 0.15) is 0 Å². The molecular weight excluding hydrogens is 176 g/mol. The molecule has 3 nitrogen and oxygen atoms in total. The molecule has 0 amide bonds. The number of nitrogens with two attached hydrogens (primary N) is 1. The SMILES string of the molecule is COC(C(NN)C(C)(C)C)C(C)(C)C. The van der Waals surface area contributed by atoms with Gasteiger partial charge in [-0.25, -0.2) is 0 Å².